The minimum absolute atomic E-state index is 0.140. The fraction of sp³-hybridized carbons (Fsp3) is 0.533. The van der Waals surface area contributed by atoms with Crippen LogP contribution in [0.15, 0.2) is 24.3 Å². The minimum Gasteiger partial charge on any atom is -0.384 e. The highest BCUT2D eigenvalue weighted by Crippen LogP contribution is 2.17. The Morgan fingerprint density at radius 3 is 2.79 bits per heavy atom. The van der Waals surface area contributed by atoms with E-state index in [1.165, 1.54) is 19.3 Å². The second kappa shape index (κ2) is 7.39. The normalized spacial score (nSPS) is 16.1. The molecule has 0 bridgehead atoms. The van der Waals surface area contributed by atoms with Crippen LogP contribution in [0.1, 0.15) is 38.5 Å². The summed E-state index contributed by atoms with van der Waals surface area (Å²) >= 11 is 5.90. The van der Waals surface area contributed by atoms with E-state index in [9.17, 15) is 4.79 Å². The van der Waals surface area contributed by atoms with E-state index in [1.807, 2.05) is 24.3 Å². The van der Waals surface area contributed by atoms with Gasteiger partial charge in [0.05, 0.1) is 0 Å². The van der Waals surface area contributed by atoms with Gasteiger partial charge in [-0.1, -0.05) is 36.9 Å². The lowest BCUT2D eigenvalue weighted by atomic mass is 9.95. The zero-order chi connectivity index (χ0) is 13.5. The minimum atomic E-state index is 0.140. The predicted octanol–water partition coefficient (Wildman–Crippen LogP) is 3.59. The Labute approximate surface area is 119 Å². The van der Waals surface area contributed by atoms with Gasteiger partial charge in [-0.25, -0.2) is 0 Å². The molecule has 0 radical (unpaired) electrons. The number of anilines is 1. The van der Waals surface area contributed by atoms with Crippen LogP contribution in [0.2, 0.25) is 5.02 Å². The Hall–Kier alpha value is -1.22. The molecule has 1 aromatic carbocycles. The Morgan fingerprint density at radius 1 is 1.26 bits per heavy atom. The largest absolute Gasteiger partial charge is 0.384 e. The van der Waals surface area contributed by atoms with Crippen molar-refractivity contribution in [2.75, 3.05) is 11.9 Å². The van der Waals surface area contributed by atoms with Crippen LogP contribution in [0.25, 0.3) is 0 Å². The van der Waals surface area contributed by atoms with Gasteiger partial charge in [-0.05, 0) is 31.0 Å². The molecule has 0 aliphatic heterocycles. The summed E-state index contributed by atoms with van der Waals surface area (Å²) in [6, 6.07) is 7.94. The molecule has 3 nitrogen and oxygen atoms in total. The molecule has 4 heteroatoms. The van der Waals surface area contributed by atoms with Gasteiger partial charge in [0.15, 0.2) is 0 Å². The Bertz CT molecular complexity index is 416. The van der Waals surface area contributed by atoms with Crippen molar-refractivity contribution in [3.05, 3.63) is 29.3 Å². The lowest BCUT2D eigenvalue weighted by Crippen LogP contribution is -2.36. The van der Waals surface area contributed by atoms with Crippen LogP contribution < -0.4 is 10.6 Å². The molecule has 104 valence electrons. The number of carbonyl (C=O) groups is 1. The van der Waals surface area contributed by atoms with Crippen molar-refractivity contribution in [3.8, 4) is 0 Å². The van der Waals surface area contributed by atoms with Crippen molar-refractivity contribution in [1.82, 2.24) is 5.32 Å². The fourth-order valence-electron chi connectivity index (χ4n) is 2.47. The molecule has 1 aromatic rings. The van der Waals surface area contributed by atoms with E-state index in [1.54, 1.807) is 0 Å². The molecule has 19 heavy (non-hydrogen) atoms. The van der Waals surface area contributed by atoms with Gasteiger partial charge in [0, 0.05) is 29.7 Å². The van der Waals surface area contributed by atoms with E-state index < -0.39 is 0 Å². The molecular formula is C15H21ClN2O. The van der Waals surface area contributed by atoms with Gasteiger partial charge < -0.3 is 10.6 Å². The summed E-state index contributed by atoms with van der Waals surface area (Å²) in [5.41, 5.74) is 0.956. The summed E-state index contributed by atoms with van der Waals surface area (Å²) in [6.45, 7) is 0.638. The summed E-state index contributed by atoms with van der Waals surface area (Å²) in [6.07, 6.45) is 6.56. The molecule has 0 aromatic heterocycles. The van der Waals surface area contributed by atoms with Crippen LogP contribution in [0, 0.1) is 0 Å². The second-order valence-corrected chi connectivity index (χ2v) is 5.53. The Balaban J connectivity index is 1.66. The average molecular weight is 281 g/mol. The first-order chi connectivity index (χ1) is 9.24. The van der Waals surface area contributed by atoms with E-state index >= 15 is 0 Å². The zero-order valence-electron chi connectivity index (χ0n) is 11.1. The summed E-state index contributed by atoms with van der Waals surface area (Å²) in [7, 11) is 0. The molecule has 0 spiro atoms. The summed E-state index contributed by atoms with van der Waals surface area (Å²) < 4.78 is 0. The second-order valence-electron chi connectivity index (χ2n) is 5.09. The number of carbonyl (C=O) groups excluding carboxylic acids is 1. The first kappa shape index (κ1) is 14.2. The van der Waals surface area contributed by atoms with Gasteiger partial charge in [0.25, 0.3) is 0 Å². The molecular weight excluding hydrogens is 260 g/mol. The maximum atomic E-state index is 11.8. The molecule has 0 heterocycles. The first-order valence-electron chi connectivity index (χ1n) is 7.03. The predicted molar refractivity (Wildman–Crippen MR) is 79.6 cm³/mol. The van der Waals surface area contributed by atoms with Crippen molar-refractivity contribution >= 4 is 23.2 Å². The summed E-state index contributed by atoms with van der Waals surface area (Å²) in [4.78, 5) is 11.8. The van der Waals surface area contributed by atoms with Crippen LogP contribution in [0.3, 0.4) is 0 Å². The zero-order valence-corrected chi connectivity index (χ0v) is 11.9. The third-order valence-electron chi connectivity index (χ3n) is 3.48. The van der Waals surface area contributed by atoms with Gasteiger partial charge in [-0.3, -0.25) is 4.79 Å². The van der Waals surface area contributed by atoms with Gasteiger partial charge in [-0.2, -0.15) is 0 Å². The highest BCUT2D eigenvalue weighted by Gasteiger charge is 2.15. The third-order valence-corrected chi connectivity index (χ3v) is 3.71. The van der Waals surface area contributed by atoms with Crippen molar-refractivity contribution in [2.45, 2.75) is 44.6 Å². The number of halogens is 1. The van der Waals surface area contributed by atoms with Gasteiger partial charge in [0.1, 0.15) is 0 Å². The van der Waals surface area contributed by atoms with Crippen molar-refractivity contribution in [3.63, 3.8) is 0 Å². The highest BCUT2D eigenvalue weighted by atomic mass is 35.5. The molecule has 2 N–H and O–H groups in total. The summed E-state index contributed by atoms with van der Waals surface area (Å²) in [5.74, 6) is 0.140. The van der Waals surface area contributed by atoms with Crippen molar-refractivity contribution < 1.29 is 4.79 Å². The van der Waals surface area contributed by atoms with Gasteiger partial charge in [-0.15, -0.1) is 0 Å². The molecule has 0 saturated heterocycles. The quantitative estimate of drug-likeness (QED) is 0.865. The van der Waals surface area contributed by atoms with Crippen LogP contribution in [0.5, 0.6) is 0 Å². The summed E-state index contributed by atoms with van der Waals surface area (Å²) in [5, 5.41) is 7.03. The Morgan fingerprint density at radius 2 is 2.05 bits per heavy atom. The number of rotatable bonds is 5. The monoisotopic (exact) mass is 280 g/mol. The van der Waals surface area contributed by atoms with Crippen molar-refractivity contribution in [1.29, 1.82) is 0 Å². The molecule has 1 saturated carbocycles. The van der Waals surface area contributed by atoms with Crippen LogP contribution >= 0.6 is 11.6 Å². The SMILES string of the molecule is O=C(CCNc1cccc(Cl)c1)NC1CCCCC1. The van der Waals surface area contributed by atoms with Crippen LogP contribution in [-0.4, -0.2) is 18.5 Å². The fourth-order valence-corrected chi connectivity index (χ4v) is 2.66. The lowest BCUT2D eigenvalue weighted by molar-refractivity contribution is -0.121. The first-order valence-corrected chi connectivity index (χ1v) is 7.40. The third kappa shape index (κ3) is 5.11. The number of benzene rings is 1. The number of hydrogen-bond acceptors (Lipinski definition) is 2. The average Bonchev–Trinajstić information content (AvgIpc) is 2.40. The molecule has 1 aliphatic carbocycles. The van der Waals surface area contributed by atoms with Crippen LogP contribution in [-0.2, 0) is 4.79 Å². The maximum Gasteiger partial charge on any atom is 0.221 e. The molecule has 1 aliphatic rings. The van der Waals surface area contributed by atoms with E-state index in [-0.39, 0.29) is 5.91 Å². The highest BCUT2D eigenvalue weighted by molar-refractivity contribution is 6.30. The van der Waals surface area contributed by atoms with E-state index in [2.05, 4.69) is 10.6 Å². The molecule has 1 amide bonds. The molecule has 0 atom stereocenters. The maximum absolute atomic E-state index is 11.8. The number of nitrogens with one attached hydrogen (secondary N) is 2. The lowest BCUT2D eigenvalue weighted by Gasteiger charge is -2.22. The number of amides is 1. The van der Waals surface area contributed by atoms with Crippen molar-refractivity contribution in [2.24, 2.45) is 0 Å². The standard InChI is InChI=1S/C15H21ClN2O/c16-12-5-4-8-14(11-12)17-10-9-15(19)18-13-6-2-1-3-7-13/h4-5,8,11,13,17H,1-3,6-7,9-10H2,(H,18,19). The Kier molecular flexibility index (Phi) is 5.52. The topological polar surface area (TPSA) is 41.1 Å². The van der Waals surface area contributed by atoms with Gasteiger partial charge >= 0.3 is 0 Å². The molecule has 0 unspecified atom stereocenters. The molecule has 1 fully saturated rings. The molecule has 2 rings (SSSR count). The smallest absolute Gasteiger partial charge is 0.221 e. The van der Waals surface area contributed by atoms with Gasteiger partial charge in [0.2, 0.25) is 5.91 Å². The van der Waals surface area contributed by atoms with E-state index in [0.29, 0.717) is 24.0 Å². The van der Waals surface area contributed by atoms with E-state index in [4.69, 9.17) is 11.6 Å². The van der Waals surface area contributed by atoms with Crippen LogP contribution in [0.4, 0.5) is 5.69 Å². The number of hydrogen-bond donors (Lipinski definition) is 2. The van der Waals surface area contributed by atoms with E-state index in [0.717, 1.165) is 18.5 Å².